The van der Waals surface area contributed by atoms with E-state index in [9.17, 15) is 14.4 Å². The molecule has 3 heterocycles. The van der Waals surface area contributed by atoms with Gasteiger partial charge in [-0.3, -0.25) is 9.59 Å². The summed E-state index contributed by atoms with van der Waals surface area (Å²) in [5, 5.41) is 0.688. The molecule has 8 heteroatoms. The number of hydrogen-bond donors (Lipinski definition) is 0. The average Bonchev–Trinajstić information content (AvgIpc) is 3.21. The van der Waals surface area contributed by atoms with Crippen LogP contribution in [-0.2, 0) is 22.6 Å². The number of nitrogens with zero attached hydrogens (tertiary/aromatic N) is 3. The van der Waals surface area contributed by atoms with E-state index in [0.717, 1.165) is 36.8 Å². The summed E-state index contributed by atoms with van der Waals surface area (Å²) >= 11 is 6.04. The normalized spacial score (nSPS) is 19.9. The zero-order valence-corrected chi connectivity index (χ0v) is 18.4. The number of carbonyl (C=O) groups excluding carboxylic acids is 3. The lowest BCUT2D eigenvalue weighted by Crippen LogP contribution is -2.47. The van der Waals surface area contributed by atoms with Gasteiger partial charge in [0, 0.05) is 37.0 Å². The minimum absolute atomic E-state index is 0.129. The van der Waals surface area contributed by atoms with Gasteiger partial charge >= 0.3 is 6.09 Å². The Morgan fingerprint density at radius 3 is 2.47 bits per heavy atom. The van der Waals surface area contributed by atoms with Crippen molar-refractivity contribution in [3.8, 4) is 5.88 Å². The minimum Gasteiger partial charge on any atom is -0.391 e. The number of fused-ring (bicyclic) bond motifs is 1. The van der Waals surface area contributed by atoms with Crippen LogP contribution in [0, 0.1) is 5.41 Å². The summed E-state index contributed by atoms with van der Waals surface area (Å²) in [5.41, 5.74) is 2.45. The molecule has 0 bridgehead atoms. The van der Waals surface area contributed by atoms with Crippen LogP contribution in [0.15, 0.2) is 36.5 Å². The summed E-state index contributed by atoms with van der Waals surface area (Å²) < 4.78 is 5.43. The van der Waals surface area contributed by atoms with Gasteiger partial charge in [-0.2, -0.15) is 0 Å². The number of halogens is 1. The van der Waals surface area contributed by atoms with Crippen molar-refractivity contribution >= 4 is 35.2 Å². The van der Waals surface area contributed by atoms with Crippen molar-refractivity contribution in [1.82, 2.24) is 9.88 Å². The molecule has 2 aliphatic heterocycles. The fourth-order valence-electron chi connectivity index (χ4n) is 5.16. The number of carbonyl (C=O) groups is 3. The van der Waals surface area contributed by atoms with Crippen LogP contribution in [0.1, 0.15) is 49.7 Å². The van der Waals surface area contributed by atoms with Gasteiger partial charge in [-0.1, -0.05) is 30.5 Å². The Morgan fingerprint density at radius 1 is 1.03 bits per heavy atom. The highest BCUT2D eigenvalue weighted by molar-refractivity contribution is 6.30. The van der Waals surface area contributed by atoms with Crippen molar-refractivity contribution in [2.24, 2.45) is 5.41 Å². The molecule has 7 nitrogen and oxygen atoms in total. The summed E-state index contributed by atoms with van der Waals surface area (Å²) in [6.45, 7) is 0.977. The predicted octanol–water partition coefficient (Wildman–Crippen LogP) is 4.51. The second-order valence-electron chi connectivity index (χ2n) is 8.99. The van der Waals surface area contributed by atoms with Gasteiger partial charge in [0.05, 0.1) is 11.9 Å². The molecule has 1 aromatic heterocycles. The molecule has 0 radical (unpaired) electrons. The first-order chi connectivity index (χ1) is 15.4. The fraction of sp³-hybridized carbons (Fsp3) is 0.417. The molecule has 1 saturated heterocycles. The molecule has 1 saturated carbocycles. The van der Waals surface area contributed by atoms with E-state index < -0.39 is 6.09 Å². The first-order valence-corrected chi connectivity index (χ1v) is 11.4. The summed E-state index contributed by atoms with van der Waals surface area (Å²) in [4.78, 5) is 45.1. The van der Waals surface area contributed by atoms with E-state index in [-0.39, 0.29) is 23.1 Å². The molecule has 1 aliphatic carbocycles. The minimum atomic E-state index is -0.487. The molecule has 2 fully saturated rings. The second-order valence-corrected chi connectivity index (χ2v) is 9.43. The Labute approximate surface area is 191 Å². The lowest BCUT2D eigenvalue weighted by molar-refractivity contribution is -0.133. The molecular weight excluding hydrogens is 430 g/mol. The summed E-state index contributed by atoms with van der Waals surface area (Å²) in [6.07, 6.45) is 6.49. The van der Waals surface area contributed by atoms with Crippen LogP contribution < -0.4 is 9.64 Å². The van der Waals surface area contributed by atoms with Crippen LogP contribution in [-0.4, -0.2) is 34.3 Å². The third-order valence-electron chi connectivity index (χ3n) is 6.83. The van der Waals surface area contributed by atoms with E-state index >= 15 is 0 Å². The third kappa shape index (κ3) is 3.97. The molecule has 0 unspecified atom stereocenters. The van der Waals surface area contributed by atoms with Crippen LogP contribution >= 0.6 is 11.6 Å². The van der Waals surface area contributed by atoms with Gasteiger partial charge in [-0.05, 0) is 54.0 Å². The Hall–Kier alpha value is -2.93. The first-order valence-electron chi connectivity index (χ1n) is 11.0. The van der Waals surface area contributed by atoms with Gasteiger partial charge in [-0.25, -0.2) is 14.7 Å². The van der Waals surface area contributed by atoms with E-state index in [4.69, 9.17) is 16.3 Å². The summed E-state index contributed by atoms with van der Waals surface area (Å²) in [5.74, 6) is -0.228. The van der Waals surface area contributed by atoms with Gasteiger partial charge in [0.2, 0.25) is 17.7 Å². The molecule has 1 aromatic carbocycles. The van der Waals surface area contributed by atoms with Crippen LogP contribution in [0.5, 0.6) is 5.88 Å². The van der Waals surface area contributed by atoms with Crippen molar-refractivity contribution in [3.05, 3.63) is 52.7 Å². The van der Waals surface area contributed by atoms with Crippen molar-refractivity contribution in [3.63, 3.8) is 0 Å². The van der Waals surface area contributed by atoms with Gasteiger partial charge < -0.3 is 9.64 Å². The average molecular weight is 454 g/mol. The van der Waals surface area contributed by atoms with Crippen molar-refractivity contribution in [2.75, 3.05) is 11.4 Å². The van der Waals surface area contributed by atoms with Gasteiger partial charge in [0.25, 0.3) is 0 Å². The largest absolute Gasteiger partial charge is 0.416 e. The molecule has 3 aliphatic rings. The number of piperidine rings is 1. The zero-order chi connectivity index (χ0) is 22.3. The topological polar surface area (TPSA) is 79.8 Å². The van der Waals surface area contributed by atoms with Crippen LogP contribution in [0.2, 0.25) is 5.02 Å². The highest BCUT2D eigenvalue weighted by Crippen LogP contribution is 2.47. The monoisotopic (exact) mass is 453 g/mol. The summed E-state index contributed by atoms with van der Waals surface area (Å²) in [7, 11) is 0. The van der Waals surface area contributed by atoms with E-state index in [1.807, 2.05) is 18.2 Å². The van der Waals surface area contributed by atoms with Crippen LogP contribution in [0.25, 0.3) is 0 Å². The summed E-state index contributed by atoms with van der Waals surface area (Å²) in [6, 6.07) is 8.79. The number of anilines is 1. The number of amides is 3. The zero-order valence-electron chi connectivity index (χ0n) is 17.7. The molecule has 166 valence electrons. The maximum absolute atomic E-state index is 12.7. The quantitative estimate of drug-likeness (QED) is 0.625. The van der Waals surface area contributed by atoms with Gasteiger partial charge in [0.15, 0.2) is 0 Å². The first kappa shape index (κ1) is 20.9. The van der Waals surface area contributed by atoms with E-state index in [0.29, 0.717) is 43.1 Å². The number of imide groups is 1. The number of aromatic nitrogens is 1. The van der Waals surface area contributed by atoms with Crippen molar-refractivity contribution in [2.45, 2.75) is 51.5 Å². The molecule has 2 aromatic rings. The Balaban J connectivity index is 1.23. The maximum atomic E-state index is 12.7. The predicted molar refractivity (Wildman–Crippen MR) is 118 cm³/mol. The lowest BCUT2D eigenvalue weighted by atomic mass is 9.76. The standard InChI is InChI=1S/C24H24ClN3O4/c25-18-4-3-17-15-27(10-7-16(17)11-18)23(31)32-20-6-5-19(14-26-20)28-21(29)12-24(13-22(28)30)8-1-2-9-24/h3-6,11,14H,1-2,7-10,12-13,15H2. The van der Waals surface area contributed by atoms with E-state index in [2.05, 4.69) is 4.98 Å². The Kier molecular flexibility index (Phi) is 5.37. The van der Waals surface area contributed by atoms with Gasteiger partial charge in [0.1, 0.15) is 0 Å². The van der Waals surface area contributed by atoms with Crippen LogP contribution in [0.4, 0.5) is 10.5 Å². The molecule has 5 rings (SSSR count). The van der Waals surface area contributed by atoms with Crippen LogP contribution in [0.3, 0.4) is 0 Å². The Bertz CT molecular complexity index is 1060. The molecule has 1 spiro atoms. The second kappa shape index (κ2) is 8.20. The Morgan fingerprint density at radius 2 is 1.78 bits per heavy atom. The number of hydrogen-bond acceptors (Lipinski definition) is 5. The van der Waals surface area contributed by atoms with E-state index in [1.165, 1.54) is 17.2 Å². The van der Waals surface area contributed by atoms with Crippen molar-refractivity contribution < 1.29 is 19.1 Å². The van der Waals surface area contributed by atoms with E-state index in [1.54, 1.807) is 11.0 Å². The SMILES string of the molecule is O=C(Oc1ccc(N2C(=O)CC3(CCCC3)CC2=O)cn1)N1CCc2cc(Cl)ccc2C1. The van der Waals surface area contributed by atoms with Crippen molar-refractivity contribution in [1.29, 1.82) is 0 Å². The highest BCUT2D eigenvalue weighted by Gasteiger charge is 2.45. The third-order valence-corrected chi connectivity index (χ3v) is 7.06. The number of pyridine rings is 1. The number of ether oxygens (including phenoxy) is 1. The smallest absolute Gasteiger partial charge is 0.391 e. The maximum Gasteiger partial charge on any atom is 0.416 e. The number of rotatable bonds is 2. The molecular formula is C24H24ClN3O4. The molecule has 0 atom stereocenters. The number of benzene rings is 1. The molecule has 0 N–H and O–H groups in total. The fourth-order valence-corrected chi connectivity index (χ4v) is 5.36. The highest BCUT2D eigenvalue weighted by atomic mass is 35.5. The molecule has 32 heavy (non-hydrogen) atoms. The lowest BCUT2D eigenvalue weighted by Gasteiger charge is -2.37. The molecule has 3 amide bonds. The van der Waals surface area contributed by atoms with Gasteiger partial charge in [-0.15, -0.1) is 0 Å².